The summed E-state index contributed by atoms with van der Waals surface area (Å²) in [5.41, 5.74) is 3.95. The van der Waals surface area contributed by atoms with Crippen LogP contribution in [0.3, 0.4) is 0 Å². The second kappa shape index (κ2) is 7.91. The van der Waals surface area contributed by atoms with Crippen molar-refractivity contribution in [1.29, 1.82) is 0 Å². The van der Waals surface area contributed by atoms with Crippen LogP contribution in [0.15, 0.2) is 60.9 Å². The molecule has 0 unspecified atom stereocenters. The molecular formula is C22H20N2O3. The highest BCUT2D eigenvalue weighted by Crippen LogP contribution is 2.24. The lowest BCUT2D eigenvalue weighted by molar-refractivity contribution is 0.0274. The largest absolute Gasteiger partial charge is 0.444 e. The summed E-state index contributed by atoms with van der Waals surface area (Å²) in [5, 5.41) is 0. The molecule has 0 aliphatic carbocycles. The molecule has 1 aromatic heterocycles. The summed E-state index contributed by atoms with van der Waals surface area (Å²) in [6, 6.07) is 14.5. The Morgan fingerprint density at radius 1 is 0.815 bits per heavy atom. The number of hydrogen-bond donors (Lipinski definition) is 0. The van der Waals surface area contributed by atoms with E-state index in [-0.39, 0.29) is 11.5 Å². The van der Waals surface area contributed by atoms with Crippen molar-refractivity contribution in [1.82, 2.24) is 9.97 Å². The van der Waals surface area contributed by atoms with E-state index in [1.54, 1.807) is 31.2 Å². The van der Waals surface area contributed by atoms with Crippen LogP contribution in [0.25, 0.3) is 0 Å². The Hall–Kier alpha value is -3.34. The van der Waals surface area contributed by atoms with Gasteiger partial charge >= 0.3 is 5.97 Å². The van der Waals surface area contributed by atoms with Crippen LogP contribution in [0, 0.1) is 20.8 Å². The third-order valence-corrected chi connectivity index (χ3v) is 4.17. The highest BCUT2D eigenvalue weighted by molar-refractivity contribution is 6.01. The van der Waals surface area contributed by atoms with Gasteiger partial charge in [0.15, 0.2) is 11.8 Å². The van der Waals surface area contributed by atoms with E-state index >= 15 is 0 Å². The Balaban J connectivity index is 1.93. The molecule has 3 rings (SSSR count). The maximum absolute atomic E-state index is 13.0. The molecule has 136 valence electrons. The van der Waals surface area contributed by atoms with Crippen LogP contribution < -0.4 is 0 Å². The molecule has 0 saturated carbocycles. The van der Waals surface area contributed by atoms with Gasteiger partial charge in [-0.3, -0.25) is 9.78 Å². The van der Waals surface area contributed by atoms with E-state index in [1.165, 1.54) is 12.4 Å². The summed E-state index contributed by atoms with van der Waals surface area (Å²) >= 11 is 0. The number of ketones is 1. The number of carbonyl (C=O) groups is 2. The molecule has 0 saturated heterocycles. The second-order valence-corrected chi connectivity index (χ2v) is 6.47. The SMILES string of the molecule is Cc1ccc(C(=O)[C@H](OC(=O)c2cnc(C)cn2)c2ccc(C)cc2)cc1. The minimum absolute atomic E-state index is 0.0643. The predicted molar refractivity (Wildman–Crippen MR) is 102 cm³/mol. The van der Waals surface area contributed by atoms with Crippen molar-refractivity contribution < 1.29 is 14.3 Å². The Labute approximate surface area is 158 Å². The quantitative estimate of drug-likeness (QED) is 0.504. The number of carbonyl (C=O) groups excluding carboxylic acids is 2. The van der Waals surface area contributed by atoms with E-state index < -0.39 is 12.1 Å². The third kappa shape index (κ3) is 4.44. The number of Topliss-reactive ketones (excluding diaryl/α,β-unsaturated/α-hetero) is 1. The molecule has 2 aromatic carbocycles. The topological polar surface area (TPSA) is 69.2 Å². The molecule has 1 atom stereocenters. The second-order valence-electron chi connectivity index (χ2n) is 6.47. The van der Waals surface area contributed by atoms with Gasteiger partial charge in [0.2, 0.25) is 5.78 Å². The molecule has 0 aliphatic rings. The van der Waals surface area contributed by atoms with E-state index in [0.29, 0.717) is 16.8 Å². The molecular weight excluding hydrogens is 340 g/mol. The van der Waals surface area contributed by atoms with Crippen LogP contribution in [-0.2, 0) is 4.74 Å². The fraction of sp³-hybridized carbons (Fsp3) is 0.182. The van der Waals surface area contributed by atoms with Gasteiger partial charge in [-0.25, -0.2) is 9.78 Å². The van der Waals surface area contributed by atoms with Gasteiger partial charge in [0, 0.05) is 17.3 Å². The lowest BCUT2D eigenvalue weighted by Crippen LogP contribution is -2.21. The lowest BCUT2D eigenvalue weighted by Gasteiger charge is -2.17. The van der Waals surface area contributed by atoms with Crippen molar-refractivity contribution in [3.63, 3.8) is 0 Å². The van der Waals surface area contributed by atoms with Gasteiger partial charge in [0.05, 0.1) is 11.9 Å². The molecule has 3 aromatic rings. The maximum atomic E-state index is 13.0. The summed E-state index contributed by atoms with van der Waals surface area (Å²) in [7, 11) is 0. The smallest absolute Gasteiger partial charge is 0.359 e. The predicted octanol–water partition coefficient (Wildman–Crippen LogP) is 4.18. The molecule has 0 N–H and O–H groups in total. The molecule has 5 heteroatoms. The minimum Gasteiger partial charge on any atom is -0.444 e. The van der Waals surface area contributed by atoms with Gasteiger partial charge in [0.25, 0.3) is 0 Å². The first kappa shape index (κ1) is 18.5. The summed E-state index contributed by atoms with van der Waals surface area (Å²) in [5.74, 6) is -0.971. The summed E-state index contributed by atoms with van der Waals surface area (Å²) < 4.78 is 5.56. The first-order chi connectivity index (χ1) is 12.9. The molecule has 27 heavy (non-hydrogen) atoms. The van der Waals surface area contributed by atoms with Gasteiger partial charge in [-0.05, 0) is 20.8 Å². The van der Waals surface area contributed by atoms with Crippen molar-refractivity contribution >= 4 is 11.8 Å². The lowest BCUT2D eigenvalue weighted by atomic mass is 9.98. The number of ether oxygens (including phenoxy) is 1. The number of rotatable bonds is 5. The van der Waals surface area contributed by atoms with E-state index in [1.807, 2.05) is 38.1 Å². The Morgan fingerprint density at radius 2 is 1.41 bits per heavy atom. The van der Waals surface area contributed by atoms with Gasteiger partial charge in [-0.2, -0.15) is 0 Å². The Bertz CT molecular complexity index is 946. The van der Waals surface area contributed by atoms with Gasteiger partial charge < -0.3 is 4.74 Å². The summed E-state index contributed by atoms with van der Waals surface area (Å²) in [6.07, 6.45) is 1.78. The third-order valence-electron chi connectivity index (χ3n) is 4.17. The van der Waals surface area contributed by atoms with Crippen LogP contribution in [0.4, 0.5) is 0 Å². The zero-order valence-corrected chi connectivity index (χ0v) is 15.5. The fourth-order valence-electron chi connectivity index (χ4n) is 2.55. The Morgan fingerprint density at radius 3 is 1.96 bits per heavy atom. The number of nitrogens with zero attached hydrogens (tertiary/aromatic N) is 2. The Kier molecular flexibility index (Phi) is 5.41. The van der Waals surface area contributed by atoms with Crippen LogP contribution in [0.5, 0.6) is 0 Å². The van der Waals surface area contributed by atoms with Gasteiger partial charge in [-0.1, -0.05) is 59.7 Å². The fourth-order valence-corrected chi connectivity index (χ4v) is 2.55. The molecule has 0 radical (unpaired) electrons. The van der Waals surface area contributed by atoms with Crippen LogP contribution >= 0.6 is 0 Å². The average molecular weight is 360 g/mol. The van der Waals surface area contributed by atoms with E-state index in [0.717, 1.165) is 11.1 Å². The van der Waals surface area contributed by atoms with Gasteiger partial charge in [-0.15, -0.1) is 0 Å². The molecule has 0 amide bonds. The highest BCUT2D eigenvalue weighted by Gasteiger charge is 2.27. The molecule has 5 nitrogen and oxygen atoms in total. The molecule has 0 aliphatic heterocycles. The molecule has 0 spiro atoms. The van der Waals surface area contributed by atoms with Crippen molar-refractivity contribution in [2.45, 2.75) is 26.9 Å². The van der Waals surface area contributed by atoms with Crippen molar-refractivity contribution in [3.8, 4) is 0 Å². The monoisotopic (exact) mass is 360 g/mol. The van der Waals surface area contributed by atoms with Gasteiger partial charge in [0.1, 0.15) is 0 Å². The van der Waals surface area contributed by atoms with Crippen molar-refractivity contribution in [2.24, 2.45) is 0 Å². The zero-order valence-electron chi connectivity index (χ0n) is 15.5. The standard InChI is InChI=1S/C22H20N2O3/c1-14-4-8-17(9-5-14)20(25)21(18-10-6-15(2)7-11-18)27-22(26)19-13-23-16(3)12-24-19/h4-13,21H,1-3H3/t21-/m1/s1. The van der Waals surface area contributed by atoms with Crippen LogP contribution in [0.1, 0.15) is 49.3 Å². The number of aromatic nitrogens is 2. The minimum atomic E-state index is -1.05. The van der Waals surface area contributed by atoms with Crippen molar-refractivity contribution in [3.05, 3.63) is 94.6 Å². The van der Waals surface area contributed by atoms with Crippen LogP contribution in [0.2, 0.25) is 0 Å². The van der Waals surface area contributed by atoms with E-state index in [2.05, 4.69) is 9.97 Å². The summed E-state index contributed by atoms with van der Waals surface area (Å²) in [6.45, 7) is 5.68. The maximum Gasteiger partial charge on any atom is 0.359 e. The highest BCUT2D eigenvalue weighted by atomic mass is 16.5. The summed E-state index contributed by atoms with van der Waals surface area (Å²) in [4.78, 5) is 33.7. The number of esters is 1. The van der Waals surface area contributed by atoms with Crippen molar-refractivity contribution in [2.75, 3.05) is 0 Å². The first-order valence-corrected chi connectivity index (χ1v) is 8.61. The molecule has 0 fully saturated rings. The zero-order chi connectivity index (χ0) is 19.4. The average Bonchev–Trinajstić information content (AvgIpc) is 2.67. The van der Waals surface area contributed by atoms with Crippen LogP contribution in [-0.4, -0.2) is 21.7 Å². The number of benzene rings is 2. The van der Waals surface area contributed by atoms with E-state index in [9.17, 15) is 9.59 Å². The first-order valence-electron chi connectivity index (χ1n) is 8.61. The normalized spacial score (nSPS) is 11.7. The molecule has 1 heterocycles. The number of aryl methyl sites for hydroxylation is 3. The van der Waals surface area contributed by atoms with E-state index in [4.69, 9.17) is 4.74 Å². The molecule has 0 bridgehead atoms. The number of hydrogen-bond acceptors (Lipinski definition) is 5.